The molecule has 1 atom stereocenters. The molecule has 1 saturated heterocycles. The van der Waals surface area contributed by atoms with Crippen molar-refractivity contribution in [2.75, 3.05) is 32.0 Å². The van der Waals surface area contributed by atoms with Gasteiger partial charge in [-0.2, -0.15) is 0 Å². The summed E-state index contributed by atoms with van der Waals surface area (Å²) in [5, 5.41) is 3.36. The maximum atomic E-state index is 12.8. The van der Waals surface area contributed by atoms with Crippen molar-refractivity contribution in [1.29, 1.82) is 0 Å². The van der Waals surface area contributed by atoms with Crippen LogP contribution in [0.25, 0.3) is 0 Å². The highest BCUT2D eigenvalue weighted by Gasteiger charge is 2.27. The second-order valence-corrected chi connectivity index (χ2v) is 5.95. The number of carbonyl (C=O) groups excluding carboxylic acids is 1. The van der Waals surface area contributed by atoms with Crippen molar-refractivity contribution >= 4 is 11.6 Å². The lowest BCUT2D eigenvalue weighted by molar-refractivity contribution is 0.0534. The van der Waals surface area contributed by atoms with E-state index in [4.69, 9.17) is 0 Å². The third-order valence-corrected chi connectivity index (χ3v) is 3.69. The Hall–Kier alpha value is -1.55. The first kappa shape index (κ1) is 14.9. The van der Waals surface area contributed by atoms with Crippen molar-refractivity contribution in [3.05, 3.63) is 29.8 Å². The van der Waals surface area contributed by atoms with Crippen LogP contribution in [-0.2, 0) is 0 Å². The SMILES string of the molecule is CC(C)Nc1ccccc1C(=O)N1CCN(C)CC1C. The van der Waals surface area contributed by atoms with Gasteiger partial charge in [0.2, 0.25) is 0 Å². The van der Waals surface area contributed by atoms with Gasteiger partial charge in [-0.1, -0.05) is 12.1 Å². The maximum absolute atomic E-state index is 12.8. The molecule has 1 unspecified atom stereocenters. The van der Waals surface area contributed by atoms with Crippen LogP contribution in [0.5, 0.6) is 0 Å². The molecule has 1 aliphatic rings. The van der Waals surface area contributed by atoms with Crippen LogP contribution in [0.3, 0.4) is 0 Å². The minimum absolute atomic E-state index is 0.134. The summed E-state index contributed by atoms with van der Waals surface area (Å²) in [6.45, 7) is 8.96. The zero-order chi connectivity index (χ0) is 14.7. The van der Waals surface area contributed by atoms with E-state index in [0.29, 0.717) is 6.04 Å². The van der Waals surface area contributed by atoms with Gasteiger partial charge in [0.1, 0.15) is 0 Å². The zero-order valence-corrected chi connectivity index (χ0v) is 12.9. The molecule has 1 aromatic rings. The molecule has 0 radical (unpaired) electrons. The summed E-state index contributed by atoms with van der Waals surface area (Å²) < 4.78 is 0. The van der Waals surface area contributed by atoms with Gasteiger partial charge in [-0.05, 0) is 40.0 Å². The monoisotopic (exact) mass is 275 g/mol. The molecule has 20 heavy (non-hydrogen) atoms. The number of nitrogens with zero attached hydrogens (tertiary/aromatic N) is 2. The van der Waals surface area contributed by atoms with E-state index in [1.807, 2.05) is 29.2 Å². The summed E-state index contributed by atoms with van der Waals surface area (Å²) in [4.78, 5) is 17.0. The molecule has 0 saturated carbocycles. The van der Waals surface area contributed by atoms with Crippen molar-refractivity contribution in [3.63, 3.8) is 0 Å². The highest BCUT2D eigenvalue weighted by molar-refractivity contribution is 5.99. The Morgan fingerprint density at radius 2 is 2.00 bits per heavy atom. The number of amides is 1. The number of hydrogen-bond donors (Lipinski definition) is 1. The first-order chi connectivity index (χ1) is 9.49. The van der Waals surface area contributed by atoms with Crippen molar-refractivity contribution in [2.45, 2.75) is 32.9 Å². The Labute approximate surface area is 121 Å². The first-order valence-corrected chi connectivity index (χ1v) is 7.34. The molecule has 1 N–H and O–H groups in total. The minimum atomic E-state index is 0.134. The maximum Gasteiger partial charge on any atom is 0.256 e. The van der Waals surface area contributed by atoms with Gasteiger partial charge in [-0.25, -0.2) is 0 Å². The minimum Gasteiger partial charge on any atom is -0.382 e. The standard InChI is InChI=1S/C16H25N3O/c1-12(2)17-15-8-6-5-7-14(15)16(20)19-10-9-18(4)11-13(19)3/h5-8,12-13,17H,9-11H2,1-4H3. The quantitative estimate of drug-likeness (QED) is 0.919. The smallest absolute Gasteiger partial charge is 0.256 e. The summed E-state index contributed by atoms with van der Waals surface area (Å²) >= 11 is 0. The molecule has 1 heterocycles. The number of nitrogens with one attached hydrogen (secondary N) is 1. The molecule has 4 heteroatoms. The Balaban J connectivity index is 2.20. The Bertz CT molecular complexity index is 473. The van der Waals surface area contributed by atoms with E-state index in [0.717, 1.165) is 30.9 Å². The molecule has 1 fully saturated rings. The fourth-order valence-electron chi connectivity index (χ4n) is 2.70. The number of piperazine rings is 1. The summed E-state index contributed by atoms with van der Waals surface area (Å²) in [5.74, 6) is 0.134. The normalized spacial score (nSPS) is 20.2. The van der Waals surface area contributed by atoms with Crippen LogP contribution in [0, 0.1) is 0 Å². The molecular formula is C16H25N3O. The molecule has 1 amide bonds. The topological polar surface area (TPSA) is 35.6 Å². The van der Waals surface area contributed by atoms with Gasteiger partial charge in [0.25, 0.3) is 5.91 Å². The van der Waals surface area contributed by atoms with Crippen molar-refractivity contribution in [3.8, 4) is 0 Å². The largest absolute Gasteiger partial charge is 0.382 e. The number of hydrogen-bond acceptors (Lipinski definition) is 3. The summed E-state index contributed by atoms with van der Waals surface area (Å²) in [6, 6.07) is 8.36. The molecule has 1 aromatic carbocycles. The van der Waals surface area contributed by atoms with Gasteiger partial charge in [0.05, 0.1) is 5.56 Å². The Morgan fingerprint density at radius 3 is 2.65 bits per heavy atom. The fourth-order valence-corrected chi connectivity index (χ4v) is 2.70. The van der Waals surface area contributed by atoms with E-state index in [2.05, 4.69) is 38.0 Å². The van der Waals surface area contributed by atoms with Crippen LogP contribution in [0.2, 0.25) is 0 Å². The lowest BCUT2D eigenvalue weighted by Crippen LogP contribution is -2.52. The molecule has 1 aliphatic heterocycles. The Morgan fingerprint density at radius 1 is 1.30 bits per heavy atom. The van der Waals surface area contributed by atoms with E-state index in [9.17, 15) is 4.79 Å². The molecule has 0 bridgehead atoms. The van der Waals surface area contributed by atoms with Crippen LogP contribution in [0.1, 0.15) is 31.1 Å². The average molecular weight is 275 g/mol. The van der Waals surface area contributed by atoms with Gasteiger partial charge < -0.3 is 15.1 Å². The van der Waals surface area contributed by atoms with Crippen LogP contribution >= 0.6 is 0 Å². The van der Waals surface area contributed by atoms with Gasteiger partial charge in [-0.3, -0.25) is 4.79 Å². The molecular weight excluding hydrogens is 250 g/mol. The van der Waals surface area contributed by atoms with Crippen molar-refractivity contribution in [1.82, 2.24) is 9.80 Å². The molecule has 0 aromatic heterocycles. The fraction of sp³-hybridized carbons (Fsp3) is 0.562. The Kier molecular flexibility index (Phi) is 4.65. The average Bonchev–Trinajstić information content (AvgIpc) is 2.38. The predicted molar refractivity (Wildman–Crippen MR) is 83.2 cm³/mol. The van der Waals surface area contributed by atoms with Crippen LogP contribution in [-0.4, -0.2) is 54.5 Å². The van der Waals surface area contributed by atoms with Crippen LogP contribution in [0.15, 0.2) is 24.3 Å². The van der Waals surface area contributed by atoms with E-state index in [1.54, 1.807) is 0 Å². The zero-order valence-electron chi connectivity index (χ0n) is 12.9. The lowest BCUT2D eigenvalue weighted by Gasteiger charge is -2.38. The van der Waals surface area contributed by atoms with Crippen LogP contribution in [0.4, 0.5) is 5.69 Å². The number of para-hydroxylation sites is 1. The second kappa shape index (κ2) is 6.27. The number of anilines is 1. The molecule has 4 nitrogen and oxygen atoms in total. The molecule has 0 spiro atoms. The number of carbonyl (C=O) groups is 1. The number of likely N-dealkylation sites (N-methyl/N-ethyl adjacent to an activating group) is 1. The van der Waals surface area contributed by atoms with Gasteiger partial charge in [0, 0.05) is 37.4 Å². The van der Waals surface area contributed by atoms with Crippen molar-refractivity contribution < 1.29 is 4.79 Å². The van der Waals surface area contributed by atoms with E-state index in [-0.39, 0.29) is 11.9 Å². The van der Waals surface area contributed by atoms with Gasteiger partial charge in [-0.15, -0.1) is 0 Å². The predicted octanol–water partition coefficient (Wildman–Crippen LogP) is 2.28. The summed E-state index contributed by atoms with van der Waals surface area (Å²) in [6.07, 6.45) is 0. The highest BCUT2D eigenvalue weighted by atomic mass is 16.2. The van der Waals surface area contributed by atoms with Gasteiger partial charge >= 0.3 is 0 Å². The third kappa shape index (κ3) is 3.31. The summed E-state index contributed by atoms with van der Waals surface area (Å²) in [7, 11) is 2.10. The molecule has 110 valence electrons. The second-order valence-electron chi connectivity index (χ2n) is 5.95. The first-order valence-electron chi connectivity index (χ1n) is 7.34. The molecule has 0 aliphatic carbocycles. The van der Waals surface area contributed by atoms with Gasteiger partial charge in [0.15, 0.2) is 0 Å². The van der Waals surface area contributed by atoms with Crippen molar-refractivity contribution in [2.24, 2.45) is 0 Å². The number of benzene rings is 1. The summed E-state index contributed by atoms with van der Waals surface area (Å²) in [5.41, 5.74) is 1.70. The van der Waals surface area contributed by atoms with E-state index < -0.39 is 0 Å². The lowest BCUT2D eigenvalue weighted by atomic mass is 10.1. The highest BCUT2D eigenvalue weighted by Crippen LogP contribution is 2.20. The number of rotatable bonds is 3. The third-order valence-electron chi connectivity index (χ3n) is 3.69. The van der Waals surface area contributed by atoms with Crippen LogP contribution < -0.4 is 5.32 Å². The van der Waals surface area contributed by atoms with E-state index >= 15 is 0 Å². The molecule has 2 rings (SSSR count). The van der Waals surface area contributed by atoms with E-state index in [1.165, 1.54) is 0 Å².